The van der Waals surface area contributed by atoms with E-state index in [9.17, 15) is 5.11 Å². The van der Waals surface area contributed by atoms with Crippen LogP contribution in [0.4, 0.5) is 0 Å². The predicted octanol–water partition coefficient (Wildman–Crippen LogP) is 7.85. The van der Waals surface area contributed by atoms with Gasteiger partial charge in [0.1, 0.15) is 11.4 Å². The first-order valence-corrected chi connectivity index (χ1v) is 16.7. The zero-order chi connectivity index (χ0) is 27.7. The first kappa shape index (κ1) is 29.9. The Labute approximate surface area is 226 Å². The van der Waals surface area contributed by atoms with Gasteiger partial charge in [-0.1, -0.05) is 71.1 Å². The highest BCUT2D eigenvalue weighted by Crippen LogP contribution is 2.71. The molecule has 2 saturated carbocycles. The molecule has 1 aromatic rings. The zero-order valence-corrected chi connectivity index (χ0v) is 25.5. The Kier molecular flexibility index (Phi) is 8.75. The summed E-state index contributed by atoms with van der Waals surface area (Å²) in [6, 6.07) is 7.92. The van der Waals surface area contributed by atoms with E-state index in [4.69, 9.17) is 13.9 Å². The molecule has 0 aromatic heterocycles. The average Bonchev–Trinajstić information content (AvgIpc) is 3.17. The molecule has 0 aliphatic heterocycles. The van der Waals surface area contributed by atoms with E-state index in [1.807, 2.05) is 42.5 Å². The van der Waals surface area contributed by atoms with Crippen molar-refractivity contribution in [2.45, 2.75) is 96.7 Å². The number of hydrogen-bond acceptors (Lipinski definition) is 4. The number of aliphatic hydroxyl groups is 1. The lowest BCUT2D eigenvalue weighted by atomic mass is 9.62. The van der Waals surface area contributed by atoms with Crippen LogP contribution in [-0.2, 0) is 15.8 Å². The molecule has 2 bridgehead atoms. The van der Waals surface area contributed by atoms with E-state index in [0.29, 0.717) is 6.61 Å². The lowest BCUT2D eigenvalue weighted by Crippen LogP contribution is -2.53. The molecule has 2 aliphatic rings. The van der Waals surface area contributed by atoms with Crippen LogP contribution in [0.3, 0.4) is 0 Å². The van der Waals surface area contributed by atoms with Gasteiger partial charge in [0.05, 0.1) is 19.8 Å². The minimum Gasteiger partial charge on any atom is -0.497 e. The third kappa shape index (κ3) is 5.43. The molecule has 4 unspecified atom stereocenters. The van der Waals surface area contributed by atoms with Gasteiger partial charge in [-0.05, 0) is 78.9 Å². The summed E-state index contributed by atoms with van der Waals surface area (Å²) >= 11 is 0. The molecule has 0 spiro atoms. The van der Waals surface area contributed by atoms with Crippen molar-refractivity contribution in [3.63, 3.8) is 0 Å². The highest BCUT2D eigenvalue weighted by Gasteiger charge is 2.74. The Morgan fingerprint density at radius 3 is 2.41 bits per heavy atom. The number of ether oxygens (including phenoxy) is 2. The molecular formula is C32H50O4Si. The van der Waals surface area contributed by atoms with Crippen LogP contribution in [0.25, 0.3) is 0 Å². The Balaban J connectivity index is 1.72. The van der Waals surface area contributed by atoms with Gasteiger partial charge >= 0.3 is 0 Å². The van der Waals surface area contributed by atoms with E-state index in [-0.39, 0.29) is 22.5 Å². The molecule has 0 saturated heterocycles. The Morgan fingerprint density at radius 1 is 1.19 bits per heavy atom. The largest absolute Gasteiger partial charge is 0.497 e. The Hall–Kier alpha value is -1.66. The second kappa shape index (κ2) is 10.8. The highest BCUT2D eigenvalue weighted by atomic mass is 28.4. The molecule has 2 fully saturated rings. The SMILES string of the molecule is C=CC12CCC(C(OCc3ccc(OC)cc3)C1(O)/C=C\C(=C)CCCO[Si](C)(C)C(C)(C)C)C2(C)C. The fraction of sp³-hybridized carbons (Fsp3) is 0.625. The van der Waals surface area contributed by atoms with E-state index >= 15 is 0 Å². The van der Waals surface area contributed by atoms with Crippen molar-refractivity contribution < 1.29 is 19.0 Å². The van der Waals surface area contributed by atoms with Crippen LogP contribution in [0.2, 0.25) is 18.1 Å². The number of benzene rings is 1. The van der Waals surface area contributed by atoms with Gasteiger partial charge in [-0.15, -0.1) is 6.58 Å². The predicted molar refractivity (Wildman–Crippen MR) is 156 cm³/mol. The van der Waals surface area contributed by atoms with Gasteiger partial charge in [0.2, 0.25) is 0 Å². The van der Waals surface area contributed by atoms with Crippen LogP contribution in [0, 0.1) is 16.7 Å². The van der Waals surface area contributed by atoms with Gasteiger partial charge in [0, 0.05) is 12.0 Å². The highest BCUT2D eigenvalue weighted by molar-refractivity contribution is 6.74. The third-order valence-corrected chi connectivity index (χ3v) is 14.4. The summed E-state index contributed by atoms with van der Waals surface area (Å²) in [5.74, 6) is 1.06. The van der Waals surface area contributed by atoms with Gasteiger partial charge < -0.3 is 19.0 Å². The van der Waals surface area contributed by atoms with Crippen molar-refractivity contribution in [2.24, 2.45) is 16.7 Å². The van der Waals surface area contributed by atoms with Gasteiger partial charge in [0.25, 0.3) is 0 Å². The van der Waals surface area contributed by atoms with Crippen molar-refractivity contribution in [2.75, 3.05) is 13.7 Å². The summed E-state index contributed by atoms with van der Waals surface area (Å²) < 4.78 is 18.2. The van der Waals surface area contributed by atoms with E-state index in [0.717, 1.165) is 49.2 Å². The van der Waals surface area contributed by atoms with Crippen molar-refractivity contribution in [1.29, 1.82) is 0 Å². The van der Waals surface area contributed by atoms with Gasteiger partial charge in [-0.25, -0.2) is 0 Å². The lowest BCUT2D eigenvalue weighted by molar-refractivity contribution is -0.133. The summed E-state index contributed by atoms with van der Waals surface area (Å²) in [6.07, 6.45) is 9.34. The molecule has 0 radical (unpaired) electrons. The third-order valence-electron chi connectivity index (χ3n) is 9.86. The second-order valence-corrected chi connectivity index (χ2v) is 18.0. The maximum Gasteiger partial charge on any atom is 0.191 e. The maximum atomic E-state index is 12.3. The molecule has 1 aromatic carbocycles. The standard InChI is InChI=1S/C32H50O4Si/c1-11-31-20-19-27(30(31,6)7)28(35-23-25-14-16-26(34-8)17-15-25)32(31,33)21-18-24(2)13-12-22-36-37(9,10)29(3,4)5/h11,14-18,21,27-28,33H,1-2,12-13,19-20,22-23H2,3-10H3/b21-18-. The fourth-order valence-electron chi connectivity index (χ4n) is 6.30. The van der Waals surface area contributed by atoms with Crippen molar-refractivity contribution in [1.82, 2.24) is 0 Å². The monoisotopic (exact) mass is 526 g/mol. The second-order valence-electron chi connectivity index (χ2n) is 13.2. The fourth-order valence-corrected chi connectivity index (χ4v) is 7.39. The van der Waals surface area contributed by atoms with E-state index in [2.05, 4.69) is 60.9 Å². The summed E-state index contributed by atoms with van der Waals surface area (Å²) in [6.45, 7) is 25.6. The summed E-state index contributed by atoms with van der Waals surface area (Å²) in [4.78, 5) is 0. The van der Waals surface area contributed by atoms with Gasteiger partial charge in [0.15, 0.2) is 8.32 Å². The Bertz CT molecular complexity index is 987. The van der Waals surface area contributed by atoms with E-state index < -0.39 is 19.3 Å². The molecule has 5 heteroatoms. The average molecular weight is 527 g/mol. The quantitative estimate of drug-likeness (QED) is 0.130. The van der Waals surface area contributed by atoms with Crippen molar-refractivity contribution in [3.8, 4) is 5.75 Å². The van der Waals surface area contributed by atoms with Crippen LogP contribution < -0.4 is 4.74 Å². The number of methoxy groups -OCH3 is 1. The minimum absolute atomic E-state index is 0.128. The number of allylic oxidation sites excluding steroid dienone is 2. The summed E-state index contributed by atoms with van der Waals surface area (Å²) in [7, 11) is -0.0769. The van der Waals surface area contributed by atoms with Crippen molar-refractivity contribution >= 4 is 8.32 Å². The lowest BCUT2D eigenvalue weighted by Gasteiger charge is -2.46. The first-order chi connectivity index (χ1) is 17.1. The van der Waals surface area contributed by atoms with Crippen LogP contribution in [0.1, 0.15) is 65.9 Å². The van der Waals surface area contributed by atoms with E-state index in [1.165, 1.54) is 0 Å². The van der Waals surface area contributed by atoms with Crippen LogP contribution >= 0.6 is 0 Å². The number of fused-ring (bicyclic) bond motifs is 2. The molecular weight excluding hydrogens is 476 g/mol. The van der Waals surface area contributed by atoms with Crippen LogP contribution in [-0.4, -0.2) is 38.8 Å². The molecule has 2 aliphatic carbocycles. The zero-order valence-electron chi connectivity index (χ0n) is 24.5. The smallest absolute Gasteiger partial charge is 0.191 e. The molecule has 37 heavy (non-hydrogen) atoms. The molecule has 4 atom stereocenters. The number of hydrogen-bond donors (Lipinski definition) is 1. The minimum atomic E-state index is -1.74. The molecule has 1 N–H and O–H groups in total. The number of rotatable bonds is 12. The first-order valence-electron chi connectivity index (χ1n) is 13.8. The maximum absolute atomic E-state index is 12.3. The molecule has 206 valence electrons. The normalized spacial score (nSPS) is 29.1. The summed E-state index contributed by atoms with van der Waals surface area (Å²) in [5.41, 5.74) is 0.343. The molecule has 0 heterocycles. The van der Waals surface area contributed by atoms with Crippen LogP contribution in [0.15, 0.2) is 61.2 Å². The van der Waals surface area contributed by atoms with Gasteiger partial charge in [-0.3, -0.25) is 0 Å². The molecule has 0 amide bonds. The van der Waals surface area contributed by atoms with Crippen molar-refractivity contribution in [3.05, 3.63) is 66.8 Å². The van der Waals surface area contributed by atoms with Gasteiger partial charge in [-0.2, -0.15) is 0 Å². The molecule has 4 nitrogen and oxygen atoms in total. The van der Waals surface area contributed by atoms with Crippen LogP contribution in [0.5, 0.6) is 5.75 Å². The summed E-state index contributed by atoms with van der Waals surface area (Å²) in [5, 5.41) is 12.6. The van der Waals surface area contributed by atoms with E-state index in [1.54, 1.807) is 7.11 Å². The molecule has 3 rings (SSSR count). The topological polar surface area (TPSA) is 47.9 Å². The Morgan fingerprint density at radius 2 is 1.84 bits per heavy atom.